The van der Waals surface area contributed by atoms with Crippen LogP contribution in [0.15, 0.2) is 58.3 Å². The maximum atomic E-state index is 12.9. The number of halogens is 1. The molecule has 0 aliphatic carbocycles. The highest BCUT2D eigenvalue weighted by atomic mass is 32.1. The minimum atomic E-state index is -0.279. The van der Waals surface area contributed by atoms with Crippen molar-refractivity contribution in [3.63, 3.8) is 0 Å². The predicted molar refractivity (Wildman–Crippen MR) is 88.6 cm³/mol. The first-order valence-corrected chi connectivity index (χ1v) is 8.22. The molecule has 3 rings (SSSR count). The van der Waals surface area contributed by atoms with Crippen LogP contribution in [-0.2, 0) is 17.8 Å². The van der Waals surface area contributed by atoms with E-state index in [0.717, 1.165) is 12.0 Å². The third-order valence-electron chi connectivity index (χ3n) is 3.43. The fourth-order valence-corrected chi connectivity index (χ4v) is 2.92. The molecule has 0 aliphatic rings. The van der Waals surface area contributed by atoms with E-state index in [-0.39, 0.29) is 11.7 Å². The van der Waals surface area contributed by atoms with Gasteiger partial charge in [-0.15, -0.1) is 11.3 Å². The average Bonchev–Trinajstić information content (AvgIpc) is 3.23. The monoisotopic (exact) mass is 329 g/mol. The van der Waals surface area contributed by atoms with Crippen LogP contribution in [0.2, 0.25) is 0 Å². The van der Waals surface area contributed by atoms with Crippen LogP contribution in [0.4, 0.5) is 4.39 Å². The van der Waals surface area contributed by atoms with Gasteiger partial charge in [-0.05, 0) is 54.3 Å². The Morgan fingerprint density at radius 1 is 1.13 bits per heavy atom. The largest absolute Gasteiger partial charge is 0.459 e. The van der Waals surface area contributed by atoms with E-state index in [0.29, 0.717) is 24.5 Å². The lowest BCUT2D eigenvalue weighted by molar-refractivity contribution is -0.121. The van der Waals surface area contributed by atoms with Gasteiger partial charge in [-0.2, -0.15) is 0 Å². The summed E-state index contributed by atoms with van der Waals surface area (Å²) in [4.78, 5) is 13.0. The summed E-state index contributed by atoms with van der Waals surface area (Å²) in [6.45, 7) is 0.352. The first kappa shape index (κ1) is 15.5. The molecule has 3 nitrogen and oxygen atoms in total. The molecular weight excluding hydrogens is 313 g/mol. The quantitative estimate of drug-likeness (QED) is 0.728. The molecule has 1 amide bonds. The molecule has 2 heterocycles. The highest BCUT2D eigenvalue weighted by Crippen LogP contribution is 2.22. The van der Waals surface area contributed by atoms with Crippen molar-refractivity contribution in [2.24, 2.45) is 0 Å². The number of rotatable bonds is 6. The number of benzene rings is 1. The number of hydrogen-bond donors (Lipinski definition) is 1. The maximum absolute atomic E-state index is 12.9. The number of carbonyl (C=O) groups excluding carboxylic acids is 1. The van der Waals surface area contributed by atoms with Gasteiger partial charge in [-0.25, -0.2) is 4.39 Å². The van der Waals surface area contributed by atoms with Crippen LogP contribution in [0.5, 0.6) is 0 Å². The van der Waals surface area contributed by atoms with Crippen LogP contribution in [0.1, 0.15) is 17.1 Å². The highest BCUT2D eigenvalue weighted by molar-refractivity contribution is 7.09. The Bertz CT molecular complexity index is 763. The summed E-state index contributed by atoms with van der Waals surface area (Å²) in [5.74, 6) is 1.05. The van der Waals surface area contributed by atoms with E-state index < -0.39 is 0 Å². The normalized spacial score (nSPS) is 10.7. The van der Waals surface area contributed by atoms with E-state index in [9.17, 15) is 9.18 Å². The zero-order chi connectivity index (χ0) is 16.1. The van der Waals surface area contributed by atoms with Crippen molar-refractivity contribution >= 4 is 17.2 Å². The molecule has 1 aromatic carbocycles. The van der Waals surface area contributed by atoms with Gasteiger partial charge in [0.05, 0.1) is 6.54 Å². The first-order chi connectivity index (χ1) is 11.2. The molecule has 23 heavy (non-hydrogen) atoms. The number of nitrogens with one attached hydrogen (secondary N) is 1. The molecule has 0 aliphatic heterocycles. The highest BCUT2D eigenvalue weighted by Gasteiger charge is 2.07. The Morgan fingerprint density at radius 3 is 2.70 bits per heavy atom. The molecule has 0 spiro atoms. The Morgan fingerprint density at radius 2 is 1.96 bits per heavy atom. The van der Waals surface area contributed by atoms with Crippen molar-refractivity contribution in [2.75, 3.05) is 0 Å². The summed E-state index contributed by atoms with van der Waals surface area (Å²) in [5.41, 5.74) is 0.807. The van der Waals surface area contributed by atoms with Crippen molar-refractivity contribution < 1.29 is 13.6 Å². The lowest BCUT2D eigenvalue weighted by atomic mass is 10.2. The van der Waals surface area contributed by atoms with Crippen molar-refractivity contribution in [3.8, 4) is 11.3 Å². The third-order valence-corrected chi connectivity index (χ3v) is 4.36. The zero-order valence-corrected chi connectivity index (χ0v) is 13.2. The molecule has 0 radical (unpaired) electrons. The predicted octanol–water partition coefficient (Wildman–Crippen LogP) is 4.40. The Kier molecular flexibility index (Phi) is 4.88. The van der Waals surface area contributed by atoms with Gasteiger partial charge in [0.25, 0.3) is 0 Å². The summed E-state index contributed by atoms with van der Waals surface area (Å²) in [6.07, 6.45) is 1.22. The SMILES string of the molecule is O=C(CCc1cccs1)NCc1ccc(-c2ccc(F)cc2)o1. The maximum Gasteiger partial charge on any atom is 0.220 e. The second kappa shape index (κ2) is 7.24. The number of amides is 1. The Hall–Kier alpha value is -2.40. The van der Waals surface area contributed by atoms with E-state index in [1.54, 1.807) is 23.5 Å². The summed E-state index contributed by atoms with van der Waals surface area (Å²) in [5, 5.41) is 4.85. The van der Waals surface area contributed by atoms with Crippen LogP contribution in [0.25, 0.3) is 11.3 Å². The van der Waals surface area contributed by atoms with Gasteiger partial charge < -0.3 is 9.73 Å². The lowest BCUT2D eigenvalue weighted by Gasteiger charge is -2.02. The number of carbonyl (C=O) groups is 1. The average molecular weight is 329 g/mol. The molecular formula is C18H16FNO2S. The molecule has 5 heteroatoms. The fourth-order valence-electron chi connectivity index (χ4n) is 2.21. The molecule has 0 saturated carbocycles. The second-order valence-electron chi connectivity index (χ2n) is 5.13. The molecule has 0 atom stereocenters. The minimum Gasteiger partial charge on any atom is -0.459 e. The van der Waals surface area contributed by atoms with E-state index in [4.69, 9.17) is 4.42 Å². The van der Waals surface area contributed by atoms with Crippen LogP contribution in [0.3, 0.4) is 0 Å². The molecule has 0 unspecified atom stereocenters. The summed E-state index contributed by atoms with van der Waals surface area (Å²) < 4.78 is 18.6. The second-order valence-corrected chi connectivity index (χ2v) is 6.16. The van der Waals surface area contributed by atoms with Crippen LogP contribution >= 0.6 is 11.3 Å². The van der Waals surface area contributed by atoms with Crippen molar-refractivity contribution in [2.45, 2.75) is 19.4 Å². The molecule has 118 valence electrons. The third kappa shape index (κ3) is 4.29. The Balaban J connectivity index is 1.50. The summed E-state index contributed by atoms with van der Waals surface area (Å²) in [7, 11) is 0. The number of thiophene rings is 1. The van der Waals surface area contributed by atoms with Gasteiger partial charge in [0.15, 0.2) is 0 Å². The van der Waals surface area contributed by atoms with Crippen LogP contribution in [0, 0.1) is 5.82 Å². The van der Waals surface area contributed by atoms with Gasteiger partial charge in [-0.3, -0.25) is 4.79 Å². The van der Waals surface area contributed by atoms with Crippen molar-refractivity contribution in [1.29, 1.82) is 0 Å². The minimum absolute atomic E-state index is 0.00173. The van der Waals surface area contributed by atoms with Crippen LogP contribution < -0.4 is 5.32 Å². The van der Waals surface area contributed by atoms with E-state index in [1.165, 1.54) is 17.0 Å². The molecule has 0 fully saturated rings. The van der Waals surface area contributed by atoms with Crippen LogP contribution in [-0.4, -0.2) is 5.91 Å². The Labute approximate surface area is 137 Å². The van der Waals surface area contributed by atoms with Gasteiger partial charge in [0, 0.05) is 16.9 Å². The number of hydrogen-bond acceptors (Lipinski definition) is 3. The van der Waals surface area contributed by atoms with Gasteiger partial charge in [0.2, 0.25) is 5.91 Å². The zero-order valence-electron chi connectivity index (χ0n) is 12.4. The van der Waals surface area contributed by atoms with E-state index in [2.05, 4.69) is 5.32 Å². The van der Waals surface area contributed by atoms with E-state index >= 15 is 0 Å². The van der Waals surface area contributed by atoms with E-state index in [1.807, 2.05) is 29.6 Å². The van der Waals surface area contributed by atoms with Crippen molar-refractivity contribution in [3.05, 3.63) is 70.4 Å². The molecule has 0 bridgehead atoms. The number of aryl methyl sites for hydroxylation is 1. The summed E-state index contributed by atoms with van der Waals surface area (Å²) in [6, 6.07) is 13.8. The van der Waals surface area contributed by atoms with Gasteiger partial charge >= 0.3 is 0 Å². The molecule has 1 N–H and O–H groups in total. The number of furan rings is 1. The lowest BCUT2D eigenvalue weighted by Crippen LogP contribution is -2.22. The van der Waals surface area contributed by atoms with Crippen molar-refractivity contribution in [1.82, 2.24) is 5.32 Å². The van der Waals surface area contributed by atoms with Gasteiger partial charge in [-0.1, -0.05) is 6.07 Å². The summed E-state index contributed by atoms with van der Waals surface area (Å²) >= 11 is 1.66. The molecule has 0 saturated heterocycles. The topological polar surface area (TPSA) is 42.2 Å². The first-order valence-electron chi connectivity index (χ1n) is 7.34. The smallest absolute Gasteiger partial charge is 0.220 e. The molecule has 2 aromatic heterocycles. The fraction of sp³-hybridized carbons (Fsp3) is 0.167. The van der Waals surface area contributed by atoms with Gasteiger partial charge in [0.1, 0.15) is 17.3 Å². The standard InChI is InChI=1S/C18H16FNO2S/c19-14-5-3-13(4-6-14)17-9-7-15(22-17)12-20-18(21)10-8-16-2-1-11-23-16/h1-7,9,11H,8,10,12H2,(H,20,21). The molecule has 3 aromatic rings.